The Balaban J connectivity index is 1.58. The van der Waals surface area contributed by atoms with Crippen molar-refractivity contribution in [2.45, 2.75) is 51.6 Å². The Morgan fingerprint density at radius 3 is 2.64 bits per heavy atom. The maximum atomic E-state index is 12.5. The van der Waals surface area contributed by atoms with Gasteiger partial charge in [-0.2, -0.15) is 0 Å². The summed E-state index contributed by atoms with van der Waals surface area (Å²) >= 11 is 0. The van der Waals surface area contributed by atoms with Gasteiger partial charge in [0.25, 0.3) is 5.91 Å². The van der Waals surface area contributed by atoms with Gasteiger partial charge in [0.05, 0.1) is 6.04 Å². The van der Waals surface area contributed by atoms with Crippen LogP contribution in [0, 0.1) is 0 Å². The molecule has 1 N–H and O–H groups in total. The van der Waals surface area contributed by atoms with Crippen LogP contribution in [0.1, 0.15) is 54.9 Å². The first kappa shape index (κ1) is 17.9. The summed E-state index contributed by atoms with van der Waals surface area (Å²) in [5, 5.41) is 3.02. The van der Waals surface area contributed by atoms with Gasteiger partial charge in [0, 0.05) is 31.6 Å². The van der Waals surface area contributed by atoms with E-state index in [0.717, 1.165) is 19.6 Å². The first-order valence-corrected chi connectivity index (χ1v) is 9.55. The number of rotatable bonds is 5. The lowest BCUT2D eigenvalue weighted by molar-refractivity contribution is -0.127. The second-order valence-electron chi connectivity index (χ2n) is 7.20. The average Bonchev–Trinajstić information content (AvgIpc) is 2.80. The number of likely N-dealkylation sites (tertiary alicyclic amines) is 2. The molecule has 1 aromatic rings. The number of nitrogens with zero attached hydrogens (tertiary/aromatic N) is 2. The van der Waals surface area contributed by atoms with E-state index in [2.05, 4.69) is 16.3 Å². The van der Waals surface area contributed by atoms with Gasteiger partial charge in [0.2, 0.25) is 5.91 Å². The molecule has 2 heterocycles. The lowest BCUT2D eigenvalue weighted by Gasteiger charge is -2.20. The van der Waals surface area contributed by atoms with Crippen molar-refractivity contribution in [2.24, 2.45) is 0 Å². The van der Waals surface area contributed by atoms with Crippen LogP contribution in [0.4, 0.5) is 0 Å². The molecule has 0 aromatic heterocycles. The molecule has 1 atom stereocenters. The van der Waals surface area contributed by atoms with E-state index in [1.165, 1.54) is 31.2 Å². The van der Waals surface area contributed by atoms with E-state index in [4.69, 9.17) is 0 Å². The van der Waals surface area contributed by atoms with Gasteiger partial charge in [-0.3, -0.25) is 14.5 Å². The van der Waals surface area contributed by atoms with Crippen LogP contribution in [0.2, 0.25) is 0 Å². The molecule has 0 saturated carbocycles. The molecule has 0 aliphatic carbocycles. The summed E-state index contributed by atoms with van der Waals surface area (Å²) in [5.41, 5.74) is 1.88. The molecule has 2 aliphatic heterocycles. The summed E-state index contributed by atoms with van der Waals surface area (Å²) in [4.78, 5) is 28.6. The lowest BCUT2D eigenvalue weighted by atomic mass is 10.1. The lowest BCUT2D eigenvalue weighted by Crippen LogP contribution is -2.37. The van der Waals surface area contributed by atoms with Crippen LogP contribution in [0.15, 0.2) is 24.3 Å². The minimum absolute atomic E-state index is 0.0748. The molecule has 0 bridgehead atoms. The van der Waals surface area contributed by atoms with Crippen molar-refractivity contribution in [3.63, 3.8) is 0 Å². The average molecular weight is 343 g/mol. The molecule has 5 heteroatoms. The van der Waals surface area contributed by atoms with E-state index in [0.29, 0.717) is 25.1 Å². The monoisotopic (exact) mass is 343 g/mol. The van der Waals surface area contributed by atoms with Gasteiger partial charge >= 0.3 is 0 Å². The first-order chi connectivity index (χ1) is 12.2. The Kier molecular flexibility index (Phi) is 6.08. The standard InChI is InChI=1S/C20H29N3O2/c1-2-23-15-18(13-19(23)24)21-20(25)17-9-7-8-16(12-17)14-22-10-5-3-4-6-11-22/h7-9,12,18H,2-6,10-11,13-15H2,1H3,(H,21,25)/t18-/m0/s1. The number of carbonyl (C=O) groups excluding carboxylic acids is 2. The normalized spacial score (nSPS) is 22.0. The zero-order valence-corrected chi connectivity index (χ0v) is 15.2. The maximum Gasteiger partial charge on any atom is 0.251 e. The number of hydrogen-bond acceptors (Lipinski definition) is 3. The van der Waals surface area contributed by atoms with E-state index in [9.17, 15) is 9.59 Å². The van der Waals surface area contributed by atoms with Crippen molar-refractivity contribution in [1.29, 1.82) is 0 Å². The number of carbonyl (C=O) groups is 2. The largest absolute Gasteiger partial charge is 0.347 e. The Hall–Kier alpha value is -1.88. The highest BCUT2D eigenvalue weighted by atomic mass is 16.2. The van der Waals surface area contributed by atoms with Crippen LogP contribution in [0.25, 0.3) is 0 Å². The van der Waals surface area contributed by atoms with Gasteiger partial charge in [-0.05, 0) is 50.6 Å². The fourth-order valence-electron chi connectivity index (χ4n) is 3.81. The smallest absolute Gasteiger partial charge is 0.251 e. The van der Waals surface area contributed by atoms with Crippen molar-refractivity contribution in [2.75, 3.05) is 26.2 Å². The van der Waals surface area contributed by atoms with E-state index < -0.39 is 0 Å². The molecule has 0 unspecified atom stereocenters. The second-order valence-corrected chi connectivity index (χ2v) is 7.20. The minimum Gasteiger partial charge on any atom is -0.347 e. The molecule has 25 heavy (non-hydrogen) atoms. The van der Waals surface area contributed by atoms with Gasteiger partial charge in [-0.1, -0.05) is 25.0 Å². The van der Waals surface area contributed by atoms with Gasteiger partial charge in [-0.15, -0.1) is 0 Å². The van der Waals surface area contributed by atoms with Crippen molar-refractivity contribution in [3.8, 4) is 0 Å². The second kappa shape index (κ2) is 8.48. The topological polar surface area (TPSA) is 52.7 Å². The van der Waals surface area contributed by atoms with Gasteiger partial charge in [0.1, 0.15) is 0 Å². The highest BCUT2D eigenvalue weighted by Gasteiger charge is 2.29. The van der Waals surface area contributed by atoms with Crippen LogP contribution in [0.3, 0.4) is 0 Å². The molecule has 0 radical (unpaired) electrons. The van der Waals surface area contributed by atoms with E-state index in [1.54, 1.807) is 4.90 Å². The number of hydrogen-bond donors (Lipinski definition) is 1. The Labute approximate surface area is 150 Å². The third kappa shape index (κ3) is 4.82. The summed E-state index contributed by atoms with van der Waals surface area (Å²) < 4.78 is 0. The molecule has 5 nitrogen and oxygen atoms in total. The highest BCUT2D eigenvalue weighted by molar-refractivity contribution is 5.95. The van der Waals surface area contributed by atoms with Gasteiger partial charge in [0.15, 0.2) is 0 Å². The predicted molar refractivity (Wildman–Crippen MR) is 98.3 cm³/mol. The van der Waals surface area contributed by atoms with Crippen LogP contribution in [-0.4, -0.2) is 53.8 Å². The molecule has 3 rings (SSSR count). The number of likely N-dealkylation sites (N-methyl/N-ethyl adjacent to an activating group) is 1. The summed E-state index contributed by atoms with van der Waals surface area (Å²) in [7, 11) is 0. The molecule has 2 saturated heterocycles. The predicted octanol–water partition coefficient (Wildman–Crippen LogP) is 2.41. The zero-order valence-electron chi connectivity index (χ0n) is 15.2. The molecule has 1 aromatic carbocycles. The van der Waals surface area contributed by atoms with Crippen LogP contribution >= 0.6 is 0 Å². The van der Waals surface area contributed by atoms with Gasteiger partial charge in [-0.25, -0.2) is 0 Å². The Bertz CT molecular complexity index is 609. The number of benzene rings is 1. The fourth-order valence-corrected chi connectivity index (χ4v) is 3.81. The Morgan fingerprint density at radius 2 is 1.96 bits per heavy atom. The molecule has 2 aliphatic rings. The van der Waals surface area contributed by atoms with E-state index in [1.807, 2.05) is 25.1 Å². The Morgan fingerprint density at radius 1 is 1.20 bits per heavy atom. The maximum absolute atomic E-state index is 12.5. The van der Waals surface area contributed by atoms with Crippen molar-refractivity contribution in [3.05, 3.63) is 35.4 Å². The first-order valence-electron chi connectivity index (χ1n) is 9.55. The van der Waals surface area contributed by atoms with E-state index >= 15 is 0 Å². The van der Waals surface area contributed by atoms with Crippen molar-refractivity contribution < 1.29 is 9.59 Å². The quantitative estimate of drug-likeness (QED) is 0.893. The molecular weight excluding hydrogens is 314 g/mol. The summed E-state index contributed by atoms with van der Waals surface area (Å²) in [5.74, 6) is 0.0520. The molecule has 0 spiro atoms. The summed E-state index contributed by atoms with van der Waals surface area (Å²) in [6, 6.07) is 7.83. The van der Waals surface area contributed by atoms with Crippen LogP contribution < -0.4 is 5.32 Å². The van der Waals surface area contributed by atoms with Gasteiger partial charge < -0.3 is 10.2 Å². The third-order valence-electron chi connectivity index (χ3n) is 5.23. The van der Waals surface area contributed by atoms with Crippen LogP contribution in [-0.2, 0) is 11.3 Å². The molecule has 2 fully saturated rings. The SMILES string of the molecule is CCN1C[C@@H](NC(=O)c2cccc(CN3CCCCCC3)c2)CC1=O. The number of nitrogens with one attached hydrogen (secondary N) is 1. The minimum atomic E-state index is -0.0755. The van der Waals surface area contributed by atoms with Crippen molar-refractivity contribution in [1.82, 2.24) is 15.1 Å². The summed E-state index contributed by atoms with van der Waals surface area (Å²) in [6.07, 6.45) is 5.60. The van der Waals surface area contributed by atoms with Crippen molar-refractivity contribution >= 4 is 11.8 Å². The van der Waals surface area contributed by atoms with E-state index in [-0.39, 0.29) is 17.9 Å². The molecule has 2 amide bonds. The summed E-state index contributed by atoms with van der Waals surface area (Å²) in [6.45, 7) is 6.49. The fraction of sp³-hybridized carbons (Fsp3) is 0.600. The molecular formula is C20H29N3O2. The number of amides is 2. The highest BCUT2D eigenvalue weighted by Crippen LogP contribution is 2.15. The third-order valence-corrected chi connectivity index (χ3v) is 5.23. The zero-order chi connectivity index (χ0) is 17.6. The van der Waals surface area contributed by atoms with Crippen LogP contribution in [0.5, 0.6) is 0 Å². The molecule has 136 valence electrons.